The number of fused-ring (bicyclic) bond motifs is 1. The van der Waals surface area contributed by atoms with E-state index in [-0.39, 0.29) is 36.0 Å². The zero-order chi connectivity index (χ0) is 19.5. The van der Waals surface area contributed by atoms with Crippen LogP contribution in [0.4, 0.5) is 9.18 Å². The first-order valence-corrected chi connectivity index (χ1v) is 10.3. The zero-order valence-corrected chi connectivity index (χ0v) is 16.1. The van der Waals surface area contributed by atoms with Gasteiger partial charge in [-0.15, -0.1) is 0 Å². The lowest BCUT2D eigenvalue weighted by molar-refractivity contribution is -0.135. The van der Waals surface area contributed by atoms with Crippen molar-refractivity contribution in [3.63, 3.8) is 0 Å². The van der Waals surface area contributed by atoms with Gasteiger partial charge in [0.1, 0.15) is 11.9 Å². The average molecular weight is 387 g/mol. The van der Waals surface area contributed by atoms with E-state index in [1.54, 1.807) is 6.07 Å². The Morgan fingerprint density at radius 1 is 1.25 bits per heavy atom. The molecule has 4 fully saturated rings. The standard InChI is InChI=1S/C21H26FN3O3/c1-13-10-14(22)2-3-16(13)21(6-7-21)19(26)24-8-4-15(5-9-24)25-17-11-23-12-18(17)28-20(25)27/h2-3,10,15,17-18,23H,4-9,11-12H2,1H3/t17-,18+/m1/s1. The number of likely N-dealkylation sites (tertiary alicyclic amines) is 1. The third-order valence-electron chi connectivity index (χ3n) is 6.96. The summed E-state index contributed by atoms with van der Waals surface area (Å²) in [4.78, 5) is 29.4. The summed E-state index contributed by atoms with van der Waals surface area (Å²) in [5.41, 5.74) is 1.34. The summed E-state index contributed by atoms with van der Waals surface area (Å²) in [7, 11) is 0. The first-order valence-electron chi connectivity index (χ1n) is 10.3. The van der Waals surface area contributed by atoms with Gasteiger partial charge >= 0.3 is 6.09 Å². The van der Waals surface area contributed by atoms with Crippen molar-refractivity contribution >= 4 is 12.0 Å². The average Bonchev–Trinajstić information content (AvgIpc) is 3.25. The summed E-state index contributed by atoms with van der Waals surface area (Å²) in [5.74, 6) is -0.104. The highest BCUT2D eigenvalue weighted by molar-refractivity contribution is 5.91. The van der Waals surface area contributed by atoms with E-state index in [1.165, 1.54) is 12.1 Å². The van der Waals surface area contributed by atoms with Crippen molar-refractivity contribution in [1.29, 1.82) is 0 Å². The Balaban J connectivity index is 1.27. The van der Waals surface area contributed by atoms with Crippen LogP contribution in [0, 0.1) is 12.7 Å². The number of carbonyl (C=O) groups is 2. The fourth-order valence-corrected chi connectivity index (χ4v) is 5.32. The van der Waals surface area contributed by atoms with Crippen molar-refractivity contribution in [3.05, 3.63) is 35.1 Å². The Morgan fingerprint density at radius 3 is 2.68 bits per heavy atom. The van der Waals surface area contributed by atoms with Crippen LogP contribution in [0.3, 0.4) is 0 Å². The lowest BCUT2D eigenvalue weighted by Crippen LogP contribution is -2.52. The summed E-state index contributed by atoms with van der Waals surface area (Å²) in [6.45, 7) is 4.69. The van der Waals surface area contributed by atoms with Crippen LogP contribution in [0.15, 0.2) is 18.2 Å². The van der Waals surface area contributed by atoms with E-state index in [1.807, 2.05) is 16.7 Å². The molecule has 28 heavy (non-hydrogen) atoms. The molecule has 3 saturated heterocycles. The lowest BCUT2D eigenvalue weighted by Gasteiger charge is -2.39. The zero-order valence-electron chi connectivity index (χ0n) is 16.1. The Hall–Kier alpha value is -2.15. The maximum absolute atomic E-state index is 13.5. The van der Waals surface area contributed by atoms with E-state index in [0.29, 0.717) is 13.1 Å². The molecule has 150 valence electrons. The van der Waals surface area contributed by atoms with E-state index in [9.17, 15) is 14.0 Å². The molecule has 3 aliphatic heterocycles. The maximum atomic E-state index is 13.5. The molecule has 1 saturated carbocycles. The van der Waals surface area contributed by atoms with Gasteiger partial charge in [0, 0.05) is 32.2 Å². The number of ether oxygens (including phenoxy) is 1. The van der Waals surface area contributed by atoms with E-state index in [2.05, 4.69) is 5.32 Å². The van der Waals surface area contributed by atoms with Crippen molar-refractivity contribution in [3.8, 4) is 0 Å². The van der Waals surface area contributed by atoms with Gasteiger partial charge in [-0.1, -0.05) is 6.07 Å². The Labute approximate surface area is 164 Å². The van der Waals surface area contributed by atoms with Crippen LogP contribution in [0.25, 0.3) is 0 Å². The Morgan fingerprint density at radius 2 is 2.00 bits per heavy atom. The molecule has 0 spiro atoms. The second-order valence-electron chi connectivity index (χ2n) is 8.62. The third kappa shape index (κ3) is 2.70. The number of hydrogen-bond acceptors (Lipinski definition) is 4. The van der Waals surface area contributed by atoms with Crippen LogP contribution in [-0.2, 0) is 14.9 Å². The topological polar surface area (TPSA) is 61.9 Å². The molecule has 1 aliphatic carbocycles. The van der Waals surface area contributed by atoms with Gasteiger partial charge in [0.2, 0.25) is 5.91 Å². The van der Waals surface area contributed by atoms with E-state index < -0.39 is 5.41 Å². The second kappa shape index (κ2) is 6.44. The molecule has 0 aromatic heterocycles. The van der Waals surface area contributed by atoms with Gasteiger partial charge in [-0.3, -0.25) is 9.69 Å². The quantitative estimate of drug-likeness (QED) is 0.861. The minimum atomic E-state index is -0.475. The molecule has 7 heteroatoms. The summed E-state index contributed by atoms with van der Waals surface area (Å²) >= 11 is 0. The first-order chi connectivity index (χ1) is 13.5. The third-order valence-corrected chi connectivity index (χ3v) is 6.96. The number of halogens is 1. The Bertz CT molecular complexity index is 817. The summed E-state index contributed by atoms with van der Waals surface area (Å²) in [6, 6.07) is 4.99. The number of benzene rings is 1. The SMILES string of the molecule is Cc1cc(F)ccc1C1(C(=O)N2CCC(N3C(=O)O[C@H]4CNC[C@H]43)CC2)CC1. The highest BCUT2D eigenvalue weighted by atomic mass is 19.1. The number of hydrogen-bond donors (Lipinski definition) is 1. The van der Waals surface area contributed by atoms with Gasteiger partial charge in [-0.2, -0.15) is 0 Å². The molecule has 0 radical (unpaired) electrons. The first kappa shape index (κ1) is 17.9. The number of nitrogens with one attached hydrogen (secondary N) is 1. The van der Waals surface area contributed by atoms with Crippen molar-refractivity contribution in [1.82, 2.24) is 15.1 Å². The molecule has 1 aromatic rings. The molecule has 2 amide bonds. The normalized spacial score (nSPS) is 29.0. The van der Waals surface area contributed by atoms with Crippen molar-refractivity contribution in [2.75, 3.05) is 26.2 Å². The second-order valence-corrected chi connectivity index (χ2v) is 8.62. The molecule has 6 nitrogen and oxygen atoms in total. The fraction of sp³-hybridized carbons (Fsp3) is 0.619. The number of piperidine rings is 1. The fourth-order valence-electron chi connectivity index (χ4n) is 5.32. The van der Waals surface area contributed by atoms with Gasteiger partial charge in [0.15, 0.2) is 0 Å². The van der Waals surface area contributed by atoms with E-state index in [4.69, 9.17) is 4.74 Å². The molecule has 0 unspecified atom stereocenters. The van der Waals surface area contributed by atoms with Crippen LogP contribution in [0.5, 0.6) is 0 Å². The summed E-state index contributed by atoms with van der Waals surface area (Å²) in [5, 5.41) is 3.29. The summed E-state index contributed by atoms with van der Waals surface area (Å²) < 4.78 is 19.0. The van der Waals surface area contributed by atoms with Crippen LogP contribution >= 0.6 is 0 Å². The van der Waals surface area contributed by atoms with Gasteiger partial charge in [0.05, 0.1) is 11.5 Å². The van der Waals surface area contributed by atoms with Crippen LogP contribution < -0.4 is 5.32 Å². The molecule has 3 heterocycles. The van der Waals surface area contributed by atoms with Crippen LogP contribution in [0.2, 0.25) is 0 Å². The van der Waals surface area contributed by atoms with Gasteiger partial charge in [-0.05, 0) is 55.9 Å². The number of amides is 2. The maximum Gasteiger partial charge on any atom is 0.410 e. The predicted molar refractivity (Wildman–Crippen MR) is 100 cm³/mol. The molecule has 2 atom stereocenters. The molecule has 0 bridgehead atoms. The minimum absolute atomic E-state index is 0.0386. The van der Waals surface area contributed by atoms with Crippen molar-refractivity contribution in [2.45, 2.75) is 56.2 Å². The summed E-state index contributed by atoms with van der Waals surface area (Å²) in [6.07, 6.45) is 2.97. The number of carbonyl (C=O) groups excluding carboxylic acids is 2. The van der Waals surface area contributed by atoms with Crippen LogP contribution in [0.1, 0.15) is 36.8 Å². The highest BCUT2D eigenvalue weighted by Gasteiger charge is 2.54. The highest BCUT2D eigenvalue weighted by Crippen LogP contribution is 2.51. The minimum Gasteiger partial charge on any atom is -0.442 e. The number of aryl methyl sites for hydroxylation is 1. The van der Waals surface area contributed by atoms with Gasteiger partial charge < -0.3 is 15.0 Å². The molecule has 5 rings (SSSR count). The largest absolute Gasteiger partial charge is 0.442 e. The van der Waals surface area contributed by atoms with Crippen molar-refractivity contribution < 1.29 is 18.7 Å². The van der Waals surface area contributed by atoms with Gasteiger partial charge in [-0.25, -0.2) is 9.18 Å². The molecule has 1 aromatic carbocycles. The van der Waals surface area contributed by atoms with Crippen LogP contribution in [-0.4, -0.2) is 66.2 Å². The predicted octanol–water partition coefficient (Wildman–Crippen LogP) is 1.95. The van der Waals surface area contributed by atoms with E-state index in [0.717, 1.165) is 49.9 Å². The smallest absolute Gasteiger partial charge is 0.410 e. The molecular weight excluding hydrogens is 361 g/mol. The van der Waals surface area contributed by atoms with Crippen molar-refractivity contribution in [2.24, 2.45) is 0 Å². The van der Waals surface area contributed by atoms with Gasteiger partial charge in [0.25, 0.3) is 0 Å². The molecular formula is C21H26FN3O3. The number of rotatable bonds is 3. The van der Waals surface area contributed by atoms with E-state index >= 15 is 0 Å². The monoisotopic (exact) mass is 387 g/mol. The molecule has 1 N–H and O–H groups in total. The Kier molecular flexibility index (Phi) is 4.12. The number of nitrogens with zero attached hydrogens (tertiary/aromatic N) is 2. The lowest BCUT2D eigenvalue weighted by atomic mass is 9.89. The molecule has 4 aliphatic rings.